The lowest BCUT2D eigenvalue weighted by Crippen LogP contribution is -2.36. The molecule has 4 nitrogen and oxygen atoms in total. The van der Waals surface area contributed by atoms with Crippen LogP contribution < -0.4 is 11.5 Å². The second kappa shape index (κ2) is 6.40. The van der Waals surface area contributed by atoms with Crippen molar-refractivity contribution in [1.29, 1.82) is 0 Å². The molecule has 0 aliphatic heterocycles. The van der Waals surface area contributed by atoms with E-state index in [4.69, 9.17) is 11.5 Å². The van der Waals surface area contributed by atoms with E-state index in [2.05, 4.69) is 6.92 Å². The molecule has 0 fully saturated rings. The second-order valence-electron chi connectivity index (χ2n) is 3.70. The third kappa shape index (κ3) is 4.25. The summed E-state index contributed by atoms with van der Waals surface area (Å²) in [6.45, 7) is 3.74. The first-order chi connectivity index (χ1) is 6.50. The van der Waals surface area contributed by atoms with Gasteiger partial charge in [0, 0.05) is 11.8 Å². The highest BCUT2D eigenvalue weighted by atomic mass is 16.2. The van der Waals surface area contributed by atoms with Crippen LogP contribution in [0.4, 0.5) is 0 Å². The van der Waals surface area contributed by atoms with Gasteiger partial charge in [-0.2, -0.15) is 0 Å². The SMILES string of the molecule is CCCCCC(C(N)=O)C(C)C(N)=O. The van der Waals surface area contributed by atoms with Crippen LogP contribution in [-0.4, -0.2) is 11.8 Å². The van der Waals surface area contributed by atoms with E-state index >= 15 is 0 Å². The van der Waals surface area contributed by atoms with Crippen LogP contribution in [0.15, 0.2) is 0 Å². The van der Waals surface area contributed by atoms with Gasteiger partial charge >= 0.3 is 0 Å². The van der Waals surface area contributed by atoms with Gasteiger partial charge in [0.15, 0.2) is 0 Å². The molecule has 2 atom stereocenters. The molecule has 0 saturated heterocycles. The standard InChI is InChI=1S/C10H20N2O2/c1-3-4-5-6-8(10(12)14)7(2)9(11)13/h7-8H,3-6H2,1-2H3,(H2,11,13)(H2,12,14). The molecule has 0 aromatic rings. The molecule has 4 heteroatoms. The van der Waals surface area contributed by atoms with E-state index in [9.17, 15) is 9.59 Å². The molecule has 82 valence electrons. The number of amides is 2. The number of carbonyl (C=O) groups excluding carboxylic acids is 2. The molecule has 0 aromatic heterocycles. The minimum absolute atomic E-state index is 0.404. The lowest BCUT2D eigenvalue weighted by atomic mass is 9.88. The number of unbranched alkanes of at least 4 members (excludes halogenated alkanes) is 2. The molecule has 0 radical (unpaired) electrons. The molecule has 2 amide bonds. The topological polar surface area (TPSA) is 86.2 Å². The molecule has 0 aliphatic rings. The van der Waals surface area contributed by atoms with Crippen molar-refractivity contribution in [2.45, 2.75) is 39.5 Å². The fourth-order valence-electron chi connectivity index (χ4n) is 1.45. The van der Waals surface area contributed by atoms with Crippen LogP contribution in [0.3, 0.4) is 0 Å². The summed E-state index contributed by atoms with van der Waals surface area (Å²) in [7, 11) is 0. The van der Waals surface area contributed by atoms with Gasteiger partial charge in [-0.05, 0) is 6.42 Å². The fraction of sp³-hybridized carbons (Fsp3) is 0.800. The van der Waals surface area contributed by atoms with E-state index < -0.39 is 23.7 Å². The van der Waals surface area contributed by atoms with E-state index in [1.54, 1.807) is 6.92 Å². The quantitative estimate of drug-likeness (QED) is 0.595. The van der Waals surface area contributed by atoms with Gasteiger partial charge in [-0.1, -0.05) is 33.1 Å². The monoisotopic (exact) mass is 200 g/mol. The van der Waals surface area contributed by atoms with Gasteiger partial charge in [-0.25, -0.2) is 0 Å². The number of rotatable bonds is 7. The van der Waals surface area contributed by atoms with Crippen molar-refractivity contribution < 1.29 is 9.59 Å². The van der Waals surface area contributed by atoms with Gasteiger partial charge in [0.1, 0.15) is 0 Å². The average molecular weight is 200 g/mol. The molecule has 0 spiro atoms. The van der Waals surface area contributed by atoms with Gasteiger partial charge in [0.2, 0.25) is 11.8 Å². The number of nitrogens with two attached hydrogens (primary N) is 2. The predicted molar refractivity (Wildman–Crippen MR) is 55.2 cm³/mol. The van der Waals surface area contributed by atoms with Gasteiger partial charge < -0.3 is 11.5 Å². The maximum absolute atomic E-state index is 11.1. The lowest BCUT2D eigenvalue weighted by Gasteiger charge is -2.17. The Bertz CT molecular complexity index is 204. The van der Waals surface area contributed by atoms with Crippen LogP contribution >= 0.6 is 0 Å². The van der Waals surface area contributed by atoms with Gasteiger partial charge in [-0.15, -0.1) is 0 Å². The third-order valence-electron chi connectivity index (χ3n) is 2.54. The minimum atomic E-state index is -0.454. The van der Waals surface area contributed by atoms with Crippen molar-refractivity contribution >= 4 is 11.8 Å². The van der Waals surface area contributed by atoms with Crippen LogP contribution in [0.1, 0.15) is 39.5 Å². The normalized spacial score (nSPS) is 14.7. The van der Waals surface area contributed by atoms with Crippen molar-refractivity contribution in [2.24, 2.45) is 23.3 Å². The molecule has 0 bridgehead atoms. The Morgan fingerprint density at radius 2 is 1.71 bits per heavy atom. The predicted octanol–water partition coefficient (Wildman–Crippen LogP) is 0.790. The molecule has 0 aromatic carbocycles. The van der Waals surface area contributed by atoms with Crippen molar-refractivity contribution in [3.8, 4) is 0 Å². The number of primary amides is 2. The molecular formula is C10H20N2O2. The summed E-state index contributed by atoms with van der Waals surface area (Å²) in [5.41, 5.74) is 10.3. The van der Waals surface area contributed by atoms with E-state index in [1.165, 1.54) is 0 Å². The zero-order valence-electron chi connectivity index (χ0n) is 8.95. The molecular weight excluding hydrogens is 180 g/mol. The van der Waals surface area contributed by atoms with Gasteiger partial charge in [-0.3, -0.25) is 9.59 Å². The van der Waals surface area contributed by atoms with Crippen LogP contribution in [0.25, 0.3) is 0 Å². The summed E-state index contributed by atoms with van der Waals surface area (Å²) in [6, 6.07) is 0. The van der Waals surface area contributed by atoms with Crippen molar-refractivity contribution in [3.63, 3.8) is 0 Å². The summed E-state index contributed by atoms with van der Waals surface area (Å²) in [6.07, 6.45) is 3.71. The molecule has 0 rings (SSSR count). The number of carbonyl (C=O) groups is 2. The number of hydrogen-bond donors (Lipinski definition) is 2. The Balaban J connectivity index is 4.15. The van der Waals surface area contributed by atoms with E-state index in [1.807, 2.05) is 0 Å². The molecule has 0 aliphatic carbocycles. The van der Waals surface area contributed by atoms with Crippen molar-refractivity contribution in [2.75, 3.05) is 0 Å². The van der Waals surface area contributed by atoms with Crippen molar-refractivity contribution in [3.05, 3.63) is 0 Å². The Labute approximate surface area is 85.0 Å². The largest absolute Gasteiger partial charge is 0.369 e. The molecule has 0 saturated carbocycles. The summed E-state index contributed by atoms with van der Waals surface area (Å²) in [5, 5.41) is 0. The van der Waals surface area contributed by atoms with Gasteiger partial charge in [0.25, 0.3) is 0 Å². The smallest absolute Gasteiger partial charge is 0.221 e. The summed E-state index contributed by atoms with van der Waals surface area (Å²) in [4.78, 5) is 21.9. The van der Waals surface area contributed by atoms with Crippen LogP contribution in [-0.2, 0) is 9.59 Å². The first kappa shape index (κ1) is 12.9. The number of hydrogen-bond acceptors (Lipinski definition) is 2. The fourth-order valence-corrected chi connectivity index (χ4v) is 1.45. The molecule has 0 heterocycles. The van der Waals surface area contributed by atoms with E-state index in [0.717, 1.165) is 19.3 Å². The first-order valence-corrected chi connectivity index (χ1v) is 5.09. The Kier molecular flexibility index (Phi) is 5.92. The highest BCUT2D eigenvalue weighted by Gasteiger charge is 2.26. The zero-order chi connectivity index (χ0) is 11.1. The maximum Gasteiger partial charge on any atom is 0.221 e. The Morgan fingerprint density at radius 3 is 2.07 bits per heavy atom. The van der Waals surface area contributed by atoms with E-state index in [-0.39, 0.29) is 0 Å². The highest BCUT2D eigenvalue weighted by Crippen LogP contribution is 2.18. The molecule has 4 N–H and O–H groups in total. The van der Waals surface area contributed by atoms with Crippen LogP contribution in [0.2, 0.25) is 0 Å². The summed E-state index contributed by atoms with van der Waals surface area (Å²) < 4.78 is 0. The lowest BCUT2D eigenvalue weighted by molar-refractivity contribution is -0.131. The molecule has 2 unspecified atom stereocenters. The highest BCUT2D eigenvalue weighted by molar-refractivity contribution is 5.85. The first-order valence-electron chi connectivity index (χ1n) is 5.09. The third-order valence-corrected chi connectivity index (χ3v) is 2.54. The average Bonchev–Trinajstić information content (AvgIpc) is 2.10. The Hall–Kier alpha value is -1.06. The Morgan fingerprint density at radius 1 is 1.14 bits per heavy atom. The zero-order valence-corrected chi connectivity index (χ0v) is 8.95. The minimum Gasteiger partial charge on any atom is -0.369 e. The molecule has 14 heavy (non-hydrogen) atoms. The summed E-state index contributed by atoms with van der Waals surface area (Å²) in [5.74, 6) is -1.74. The summed E-state index contributed by atoms with van der Waals surface area (Å²) >= 11 is 0. The second-order valence-corrected chi connectivity index (χ2v) is 3.70. The van der Waals surface area contributed by atoms with E-state index in [0.29, 0.717) is 6.42 Å². The maximum atomic E-state index is 11.1. The van der Waals surface area contributed by atoms with Gasteiger partial charge in [0.05, 0.1) is 0 Å². The van der Waals surface area contributed by atoms with Crippen molar-refractivity contribution in [1.82, 2.24) is 0 Å². The van der Waals surface area contributed by atoms with Crippen LogP contribution in [0.5, 0.6) is 0 Å². The van der Waals surface area contributed by atoms with Crippen LogP contribution in [0, 0.1) is 11.8 Å².